The summed E-state index contributed by atoms with van der Waals surface area (Å²) in [5.41, 5.74) is 0. The molecule has 0 radical (unpaired) electrons. The molecule has 0 spiro atoms. The average molecular weight is 230 g/mol. The Kier molecular flexibility index (Phi) is 6.77. The molecule has 0 aliphatic rings. The van der Waals surface area contributed by atoms with Crippen LogP contribution in [0.2, 0.25) is 0 Å². The maximum Gasteiger partial charge on any atom is 0.306 e. The van der Waals surface area contributed by atoms with E-state index in [-0.39, 0.29) is 23.9 Å². The van der Waals surface area contributed by atoms with E-state index in [9.17, 15) is 9.59 Å². The quantitative estimate of drug-likeness (QED) is 0.682. The Hall–Kier alpha value is -1.06. The van der Waals surface area contributed by atoms with E-state index < -0.39 is 5.97 Å². The molecule has 1 unspecified atom stereocenters. The van der Waals surface area contributed by atoms with Gasteiger partial charge in [-0.3, -0.25) is 9.59 Å². The predicted octanol–water partition coefficient (Wildman–Crippen LogP) is 2.47. The van der Waals surface area contributed by atoms with Crippen LogP contribution >= 0.6 is 0 Å². The summed E-state index contributed by atoms with van der Waals surface area (Å²) in [5.74, 6) is -1.31. The van der Waals surface area contributed by atoms with Crippen molar-refractivity contribution in [3.8, 4) is 0 Å². The third kappa shape index (κ3) is 6.43. The molecule has 0 aromatic rings. The fraction of sp³-hybridized carbons (Fsp3) is 0.833. The van der Waals surface area contributed by atoms with Gasteiger partial charge in [0.15, 0.2) is 0 Å². The summed E-state index contributed by atoms with van der Waals surface area (Å²) >= 11 is 0. The lowest BCUT2D eigenvalue weighted by atomic mass is 9.91. The first kappa shape index (κ1) is 14.9. The molecule has 4 heteroatoms. The van der Waals surface area contributed by atoms with Crippen LogP contribution in [0.25, 0.3) is 0 Å². The van der Waals surface area contributed by atoms with Gasteiger partial charge in [-0.25, -0.2) is 0 Å². The second kappa shape index (κ2) is 7.25. The maximum atomic E-state index is 11.2. The first-order valence-electron chi connectivity index (χ1n) is 5.76. The number of carbonyl (C=O) groups excluding carboxylic acids is 1. The molecule has 94 valence electrons. The van der Waals surface area contributed by atoms with Gasteiger partial charge in [-0.1, -0.05) is 13.8 Å². The number of rotatable bonds is 7. The molecule has 0 fully saturated rings. The molecule has 0 aliphatic carbocycles. The summed E-state index contributed by atoms with van der Waals surface area (Å²) in [5, 5.41) is 8.94. The van der Waals surface area contributed by atoms with Gasteiger partial charge in [0.25, 0.3) is 0 Å². The molecule has 0 aromatic carbocycles. The molecule has 0 rings (SSSR count). The van der Waals surface area contributed by atoms with Gasteiger partial charge < -0.3 is 9.84 Å². The lowest BCUT2D eigenvalue weighted by molar-refractivity contribution is -0.148. The highest BCUT2D eigenvalue weighted by Gasteiger charge is 2.21. The first-order valence-corrected chi connectivity index (χ1v) is 5.76. The summed E-state index contributed by atoms with van der Waals surface area (Å²) in [6.45, 7) is 7.36. The second-order valence-electron chi connectivity index (χ2n) is 4.62. The zero-order valence-corrected chi connectivity index (χ0v) is 10.5. The number of esters is 1. The molecule has 1 atom stereocenters. The Bertz CT molecular complexity index is 233. The van der Waals surface area contributed by atoms with Crippen LogP contribution in [0.15, 0.2) is 0 Å². The Morgan fingerprint density at radius 2 is 1.75 bits per heavy atom. The number of hydrogen-bond acceptors (Lipinski definition) is 3. The molecule has 0 amide bonds. The number of hydrogen-bond donors (Lipinski definition) is 1. The Morgan fingerprint density at radius 3 is 2.12 bits per heavy atom. The van der Waals surface area contributed by atoms with Crippen molar-refractivity contribution in [1.82, 2.24) is 0 Å². The van der Waals surface area contributed by atoms with E-state index in [0.29, 0.717) is 19.3 Å². The van der Waals surface area contributed by atoms with Crippen LogP contribution in [0.5, 0.6) is 0 Å². The minimum absolute atomic E-state index is 0.0959. The summed E-state index contributed by atoms with van der Waals surface area (Å²) in [6, 6.07) is 0. The summed E-state index contributed by atoms with van der Waals surface area (Å²) in [4.78, 5) is 22.1. The van der Waals surface area contributed by atoms with Gasteiger partial charge in [-0.05, 0) is 32.6 Å². The third-order valence-electron chi connectivity index (χ3n) is 2.39. The number of carboxylic acid groups (broad SMARTS) is 1. The molecule has 0 saturated heterocycles. The number of ether oxygens (including phenoxy) is 1. The van der Waals surface area contributed by atoms with Crippen molar-refractivity contribution in [2.75, 3.05) is 0 Å². The van der Waals surface area contributed by atoms with Gasteiger partial charge in [0.2, 0.25) is 0 Å². The standard InChI is InChI=1S/C12H22O4/c1-8(2)10(12(14)15)6-5-7-11(13)16-9(3)4/h8-10H,5-7H2,1-4H3,(H,14,15). The highest BCUT2D eigenvalue weighted by molar-refractivity contribution is 5.71. The van der Waals surface area contributed by atoms with Crippen LogP contribution in [0.3, 0.4) is 0 Å². The molecular weight excluding hydrogens is 208 g/mol. The smallest absolute Gasteiger partial charge is 0.306 e. The van der Waals surface area contributed by atoms with E-state index in [1.165, 1.54) is 0 Å². The maximum absolute atomic E-state index is 11.2. The van der Waals surface area contributed by atoms with Crippen LogP contribution in [-0.4, -0.2) is 23.1 Å². The zero-order valence-electron chi connectivity index (χ0n) is 10.5. The van der Waals surface area contributed by atoms with Gasteiger partial charge >= 0.3 is 11.9 Å². The highest BCUT2D eigenvalue weighted by atomic mass is 16.5. The molecule has 0 bridgehead atoms. The van der Waals surface area contributed by atoms with E-state index in [4.69, 9.17) is 9.84 Å². The highest BCUT2D eigenvalue weighted by Crippen LogP contribution is 2.18. The van der Waals surface area contributed by atoms with E-state index in [1.54, 1.807) is 13.8 Å². The van der Waals surface area contributed by atoms with Crippen LogP contribution in [0.1, 0.15) is 47.0 Å². The Balaban J connectivity index is 3.87. The van der Waals surface area contributed by atoms with Gasteiger partial charge in [-0.15, -0.1) is 0 Å². The second-order valence-corrected chi connectivity index (χ2v) is 4.62. The SMILES string of the molecule is CC(C)OC(=O)CCCC(C(=O)O)C(C)C. The summed E-state index contributed by atoms with van der Waals surface area (Å²) in [6.07, 6.45) is 1.29. The van der Waals surface area contributed by atoms with Gasteiger partial charge in [-0.2, -0.15) is 0 Å². The Morgan fingerprint density at radius 1 is 1.19 bits per heavy atom. The van der Waals surface area contributed by atoms with Crippen molar-refractivity contribution in [2.24, 2.45) is 11.8 Å². The fourth-order valence-corrected chi connectivity index (χ4v) is 1.53. The molecule has 0 saturated carbocycles. The lowest BCUT2D eigenvalue weighted by Crippen LogP contribution is -2.20. The van der Waals surface area contributed by atoms with Crippen LogP contribution < -0.4 is 0 Å². The van der Waals surface area contributed by atoms with Crippen molar-refractivity contribution in [1.29, 1.82) is 0 Å². The topological polar surface area (TPSA) is 63.6 Å². The van der Waals surface area contributed by atoms with Gasteiger partial charge in [0.1, 0.15) is 0 Å². The van der Waals surface area contributed by atoms with Crippen molar-refractivity contribution < 1.29 is 19.4 Å². The van der Waals surface area contributed by atoms with Crippen LogP contribution in [-0.2, 0) is 14.3 Å². The number of aliphatic carboxylic acids is 1. The average Bonchev–Trinajstić information content (AvgIpc) is 2.09. The van der Waals surface area contributed by atoms with E-state index in [2.05, 4.69) is 0 Å². The molecule has 0 aliphatic heterocycles. The molecule has 1 N–H and O–H groups in total. The minimum atomic E-state index is -0.785. The van der Waals surface area contributed by atoms with Crippen molar-refractivity contribution >= 4 is 11.9 Å². The van der Waals surface area contributed by atoms with Gasteiger partial charge in [0, 0.05) is 6.42 Å². The molecule has 16 heavy (non-hydrogen) atoms. The van der Waals surface area contributed by atoms with E-state index in [0.717, 1.165) is 0 Å². The van der Waals surface area contributed by atoms with Crippen LogP contribution in [0.4, 0.5) is 0 Å². The molecule has 0 heterocycles. The zero-order chi connectivity index (χ0) is 12.7. The van der Waals surface area contributed by atoms with Crippen molar-refractivity contribution in [3.05, 3.63) is 0 Å². The Labute approximate surface area is 97.0 Å². The van der Waals surface area contributed by atoms with E-state index >= 15 is 0 Å². The fourth-order valence-electron chi connectivity index (χ4n) is 1.53. The number of carboxylic acids is 1. The van der Waals surface area contributed by atoms with Crippen molar-refractivity contribution in [2.45, 2.75) is 53.1 Å². The van der Waals surface area contributed by atoms with Crippen molar-refractivity contribution in [3.63, 3.8) is 0 Å². The summed E-state index contributed by atoms with van der Waals surface area (Å²) in [7, 11) is 0. The monoisotopic (exact) mass is 230 g/mol. The molecular formula is C12H22O4. The predicted molar refractivity (Wildman–Crippen MR) is 61.0 cm³/mol. The normalized spacial score (nSPS) is 12.9. The molecule has 0 aromatic heterocycles. The van der Waals surface area contributed by atoms with Gasteiger partial charge in [0.05, 0.1) is 12.0 Å². The lowest BCUT2D eigenvalue weighted by Gasteiger charge is -2.15. The van der Waals surface area contributed by atoms with Crippen LogP contribution in [0, 0.1) is 11.8 Å². The number of carbonyl (C=O) groups is 2. The van der Waals surface area contributed by atoms with E-state index in [1.807, 2.05) is 13.8 Å². The minimum Gasteiger partial charge on any atom is -0.481 e. The third-order valence-corrected chi connectivity index (χ3v) is 2.39. The molecule has 4 nitrogen and oxygen atoms in total. The first-order chi connectivity index (χ1) is 7.34. The largest absolute Gasteiger partial charge is 0.481 e. The summed E-state index contributed by atoms with van der Waals surface area (Å²) < 4.78 is 4.97.